The molecule has 1 fully saturated rings. The van der Waals surface area contributed by atoms with E-state index in [1.165, 1.54) is 0 Å². The maximum Gasteiger partial charge on any atom is 0.142 e. The number of hydrogen-bond acceptors (Lipinski definition) is 3. The second kappa shape index (κ2) is 6.11. The molecule has 0 bridgehead atoms. The number of carbonyl (C=O) groups excluding carboxylic acids is 1. The fourth-order valence-corrected chi connectivity index (χ4v) is 3.87. The van der Waals surface area contributed by atoms with Gasteiger partial charge in [0.1, 0.15) is 5.78 Å². The quantitative estimate of drug-likeness (QED) is 0.835. The zero-order valence-corrected chi connectivity index (χ0v) is 12.5. The van der Waals surface area contributed by atoms with Crippen molar-refractivity contribution in [3.05, 3.63) is 16.4 Å². The lowest BCUT2D eigenvalue weighted by Crippen LogP contribution is -2.18. The maximum absolute atomic E-state index is 12.2. The molecule has 1 aromatic heterocycles. The zero-order valence-electron chi connectivity index (χ0n) is 10.9. The van der Waals surface area contributed by atoms with Crippen molar-refractivity contribution in [1.29, 1.82) is 0 Å². The molecule has 1 unspecified atom stereocenters. The summed E-state index contributed by atoms with van der Waals surface area (Å²) in [6, 6.07) is 0. The molecule has 0 aromatic carbocycles. The summed E-state index contributed by atoms with van der Waals surface area (Å²) in [4.78, 5) is 12.2. The minimum atomic E-state index is 0.219. The lowest BCUT2D eigenvalue weighted by atomic mass is 9.99. The van der Waals surface area contributed by atoms with E-state index in [4.69, 9.17) is 11.6 Å². The Hall–Kier alpha value is -0.480. The van der Waals surface area contributed by atoms with Gasteiger partial charge in [-0.15, -0.1) is 0 Å². The van der Waals surface area contributed by atoms with Gasteiger partial charge in [-0.3, -0.25) is 9.48 Å². The molecule has 0 radical (unpaired) electrons. The molecule has 1 atom stereocenters. The summed E-state index contributed by atoms with van der Waals surface area (Å²) in [6.07, 6.45) is 2.26. The van der Waals surface area contributed by atoms with Gasteiger partial charge < -0.3 is 0 Å². The molecule has 1 aliphatic heterocycles. The highest BCUT2D eigenvalue weighted by atomic mass is 35.5. The molecule has 0 amide bonds. The Morgan fingerprint density at radius 1 is 1.56 bits per heavy atom. The monoisotopic (exact) mass is 286 g/mol. The number of carbonyl (C=O) groups is 1. The van der Waals surface area contributed by atoms with Gasteiger partial charge in [-0.1, -0.05) is 18.5 Å². The summed E-state index contributed by atoms with van der Waals surface area (Å²) >= 11 is 8.19. The topological polar surface area (TPSA) is 34.9 Å². The van der Waals surface area contributed by atoms with E-state index < -0.39 is 0 Å². The number of halogens is 1. The first kappa shape index (κ1) is 13.9. The number of hydrogen-bond donors (Lipinski definition) is 0. The zero-order chi connectivity index (χ0) is 13.1. The second-order valence-corrected chi connectivity index (χ2v) is 6.11. The van der Waals surface area contributed by atoms with E-state index in [1.54, 1.807) is 0 Å². The number of ketones is 1. The van der Waals surface area contributed by atoms with E-state index in [0.29, 0.717) is 17.2 Å². The lowest BCUT2D eigenvalue weighted by Gasteiger charge is -2.08. The Morgan fingerprint density at radius 2 is 2.33 bits per heavy atom. The van der Waals surface area contributed by atoms with E-state index in [9.17, 15) is 4.79 Å². The van der Waals surface area contributed by atoms with Gasteiger partial charge >= 0.3 is 0 Å². The molecule has 0 N–H and O–H groups in total. The molecule has 1 aromatic rings. The van der Waals surface area contributed by atoms with Crippen LogP contribution in [-0.4, -0.2) is 27.1 Å². The van der Waals surface area contributed by atoms with Gasteiger partial charge in [-0.25, -0.2) is 0 Å². The third-order valence-corrected chi connectivity index (χ3v) is 5.02. The van der Waals surface area contributed by atoms with Crippen LogP contribution >= 0.6 is 23.4 Å². The summed E-state index contributed by atoms with van der Waals surface area (Å²) in [5.41, 5.74) is 1.81. The van der Waals surface area contributed by atoms with Crippen LogP contribution < -0.4 is 0 Å². The highest BCUT2D eigenvalue weighted by Crippen LogP contribution is 2.28. The number of aromatic nitrogens is 2. The average molecular weight is 287 g/mol. The first-order chi connectivity index (χ1) is 8.67. The summed E-state index contributed by atoms with van der Waals surface area (Å²) in [5, 5.41) is 5.15. The number of aryl methyl sites for hydroxylation is 2. The van der Waals surface area contributed by atoms with Crippen LogP contribution in [0.15, 0.2) is 0 Å². The summed E-state index contributed by atoms with van der Waals surface area (Å²) in [5.74, 6) is 2.62. The third-order valence-electron chi connectivity index (χ3n) is 3.42. The molecule has 100 valence electrons. The molecule has 18 heavy (non-hydrogen) atoms. The number of Topliss-reactive ketones (excluding diaryl/α,β-unsaturated/α-hetero) is 1. The molecule has 5 heteroatoms. The van der Waals surface area contributed by atoms with Crippen molar-refractivity contribution in [2.75, 3.05) is 11.5 Å². The van der Waals surface area contributed by atoms with E-state index >= 15 is 0 Å². The SMILES string of the molecule is CCc1nn(CC)c(CC(=O)C2CCSC2)c1Cl. The largest absolute Gasteiger partial charge is 0.299 e. The molecule has 0 spiro atoms. The van der Waals surface area contributed by atoms with Crippen molar-refractivity contribution < 1.29 is 4.79 Å². The fourth-order valence-electron chi connectivity index (χ4n) is 2.28. The van der Waals surface area contributed by atoms with Crippen LogP contribution in [0.5, 0.6) is 0 Å². The Labute approximate surface area is 117 Å². The standard InChI is InChI=1S/C13H19ClN2OS/c1-3-10-13(14)11(16(4-2)15-10)7-12(17)9-5-6-18-8-9/h9H,3-8H2,1-2H3. The Bertz CT molecular complexity index is 438. The number of rotatable bonds is 5. The van der Waals surface area contributed by atoms with Crippen LogP contribution in [0.1, 0.15) is 31.7 Å². The molecular weight excluding hydrogens is 268 g/mol. The molecule has 3 nitrogen and oxygen atoms in total. The lowest BCUT2D eigenvalue weighted by molar-refractivity contribution is -0.121. The number of thioether (sulfide) groups is 1. The van der Waals surface area contributed by atoms with E-state index in [-0.39, 0.29) is 5.92 Å². The highest BCUT2D eigenvalue weighted by Gasteiger charge is 2.25. The van der Waals surface area contributed by atoms with Crippen LogP contribution in [0.25, 0.3) is 0 Å². The highest BCUT2D eigenvalue weighted by molar-refractivity contribution is 7.99. The van der Waals surface area contributed by atoms with Gasteiger partial charge in [0, 0.05) is 18.2 Å². The summed E-state index contributed by atoms with van der Waals surface area (Å²) < 4.78 is 1.88. The second-order valence-electron chi connectivity index (χ2n) is 4.58. The van der Waals surface area contributed by atoms with Crippen LogP contribution in [0, 0.1) is 5.92 Å². The predicted octanol–water partition coefficient (Wildman–Crippen LogP) is 2.98. The van der Waals surface area contributed by atoms with Crippen molar-refractivity contribution in [3.8, 4) is 0 Å². The summed E-state index contributed by atoms with van der Waals surface area (Å²) in [6.45, 7) is 4.83. The number of nitrogens with zero attached hydrogens (tertiary/aromatic N) is 2. The van der Waals surface area contributed by atoms with Crippen molar-refractivity contribution in [2.45, 2.75) is 39.7 Å². The van der Waals surface area contributed by atoms with E-state index in [2.05, 4.69) is 5.10 Å². The van der Waals surface area contributed by atoms with Gasteiger partial charge in [0.05, 0.1) is 22.8 Å². The minimum absolute atomic E-state index is 0.219. The molecule has 2 rings (SSSR count). The normalized spacial score (nSPS) is 19.4. The Balaban J connectivity index is 2.16. The molecule has 0 aliphatic carbocycles. The molecule has 1 saturated heterocycles. The Kier molecular flexibility index (Phi) is 4.73. The first-order valence-electron chi connectivity index (χ1n) is 6.51. The van der Waals surface area contributed by atoms with Crippen LogP contribution in [0.2, 0.25) is 5.02 Å². The van der Waals surface area contributed by atoms with Crippen LogP contribution in [-0.2, 0) is 24.2 Å². The van der Waals surface area contributed by atoms with Gasteiger partial charge in [-0.2, -0.15) is 16.9 Å². The minimum Gasteiger partial charge on any atom is -0.299 e. The predicted molar refractivity (Wildman–Crippen MR) is 76.4 cm³/mol. The van der Waals surface area contributed by atoms with Crippen LogP contribution in [0.3, 0.4) is 0 Å². The molecular formula is C13H19ClN2OS. The van der Waals surface area contributed by atoms with Crippen molar-refractivity contribution >= 4 is 29.1 Å². The van der Waals surface area contributed by atoms with Crippen molar-refractivity contribution in [2.24, 2.45) is 5.92 Å². The van der Waals surface area contributed by atoms with Gasteiger partial charge in [0.15, 0.2) is 0 Å². The maximum atomic E-state index is 12.2. The van der Waals surface area contributed by atoms with Gasteiger partial charge in [-0.05, 0) is 25.5 Å². The molecule has 2 heterocycles. The van der Waals surface area contributed by atoms with E-state index in [0.717, 1.165) is 42.3 Å². The smallest absolute Gasteiger partial charge is 0.142 e. The van der Waals surface area contributed by atoms with Gasteiger partial charge in [0.25, 0.3) is 0 Å². The van der Waals surface area contributed by atoms with E-state index in [1.807, 2.05) is 30.3 Å². The average Bonchev–Trinajstić information content (AvgIpc) is 2.99. The Morgan fingerprint density at radius 3 is 2.89 bits per heavy atom. The summed E-state index contributed by atoms with van der Waals surface area (Å²) in [7, 11) is 0. The molecule has 1 aliphatic rings. The molecule has 0 saturated carbocycles. The van der Waals surface area contributed by atoms with Crippen molar-refractivity contribution in [1.82, 2.24) is 9.78 Å². The van der Waals surface area contributed by atoms with Gasteiger partial charge in [0.2, 0.25) is 0 Å². The third kappa shape index (κ3) is 2.75. The first-order valence-corrected chi connectivity index (χ1v) is 8.05. The fraction of sp³-hybridized carbons (Fsp3) is 0.692. The van der Waals surface area contributed by atoms with Crippen LogP contribution in [0.4, 0.5) is 0 Å². The van der Waals surface area contributed by atoms with Crippen molar-refractivity contribution in [3.63, 3.8) is 0 Å².